The Morgan fingerprint density at radius 3 is 2.28 bits per heavy atom. The highest BCUT2D eigenvalue weighted by Crippen LogP contribution is 2.20. The highest BCUT2D eigenvalue weighted by molar-refractivity contribution is 7.98. The van der Waals surface area contributed by atoms with Gasteiger partial charge in [-0.25, -0.2) is 4.79 Å². The minimum Gasteiger partial charge on any atom is -0.481 e. The number of thioether (sulfide) groups is 1. The Labute approximate surface area is 191 Å². The van der Waals surface area contributed by atoms with Crippen molar-refractivity contribution in [3.63, 3.8) is 0 Å². The van der Waals surface area contributed by atoms with Crippen molar-refractivity contribution in [2.45, 2.75) is 70.1 Å². The molecule has 0 aromatic carbocycles. The van der Waals surface area contributed by atoms with Gasteiger partial charge in [-0.2, -0.15) is 11.8 Å². The first-order valence-electron chi connectivity index (χ1n) is 10.6. The lowest BCUT2D eigenvalue weighted by atomic mass is 10.0. The number of carboxylic acid groups (broad SMARTS) is 2. The van der Waals surface area contributed by atoms with Crippen LogP contribution in [0, 0.1) is 5.92 Å². The van der Waals surface area contributed by atoms with Gasteiger partial charge in [-0.3, -0.25) is 19.2 Å². The van der Waals surface area contributed by atoms with Crippen molar-refractivity contribution in [1.29, 1.82) is 0 Å². The van der Waals surface area contributed by atoms with Crippen LogP contribution in [0.2, 0.25) is 0 Å². The molecule has 1 aliphatic heterocycles. The second-order valence-corrected chi connectivity index (χ2v) is 9.12. The second kappa shape index (κ2) is 13.3. The fourth-order valence-electron chi connectivity index (χ4n) is 3.36. The molecule has 6 N–H and O–H groups in total. The standard InChI is InChI=1S/C20H34N4O7S/c1-11(2)16(21)18(28)22-12(8-10-32-3)19(29)24-9-4-5-14(24)17(27)23-13(20(30)31)6-7-15(25)26/h11-14,16H,4-10,21H2,1-3H3,(H,22,28)(H,23,27)(H,25,26)(H,30,31). The number of hydrogen-bond donors (Lipinski definition) is 5. The Hall–Kier alpha value is -2.34. The van der Waals surface area contributed by atoms with Crippen LogP contribution >= 0.6 is 11.8 Å². The van der Waals surface area contributed by atoms with Gasteiger partial charge < -0.3 is 31.5 Å². The Bertz CT molecular complexity index is 703. The molecule has 1 saturated heterocycles. The van der Waals surface area contributed by atoms with Crippen molar-refractivity contribution >= 4 is 41.4 Å². The number of carbonyl (C=O) groups excluding carboxylic acids is 3. The van der Waals surface area contributed by atoms with E-state index in [2.05, 4.69) is 10.6 Å². The molecule has 1 fully saturated rings. The molecule has 32 heavy (non-hydrogen) atoms. The number of nitrogens with zero attached hydrogens (tertiary/aromatic N) is 1. The molecule has 0 bridgehead atoms. The molecule has 0 aliphatic carbocycles. The number of carboxylic acids is 2. The average molecular weight is 475 g/mol. The molecule has 1 aliphatic rings. The van der Waals surface area contributed by atoms with E-state index in [0.29, 0.717) is 31.6 Å². The minimum atomic E-state index is -1.37. The van der Waals surface area contributed by atoms with Gasteiger partial charge in [0.1, 0.15) is 18.1 Å². The normalized spacial score (nSPS) is 18.7. The molecular weight excluding hydrogens is 440 g/mol. The summed E-state index contributed by atoms with van der Waals surface area (Å²) >= 11 is 1.51. The molecule has 0 aromatic heterocycles. The van der Waals surface area contributed by atoms with Crippen molar-refractivity contribution in [2.24, 2.45) is 11.7 Å². The van der Waals surface area contributed by atoms with Crippen LogP contribution in [0.3, 0.4) is 0 Å². The summed E-state index contributed by atoms with van der Waals surface area (Å²) in [5.41, 5.74) is 5.90. The van der Waals surface area contributed by atoms with E-state index in [0.717, 1.165) is 0 Å². The van der Waals surface area contributed by atoms with Crippen LogP contribution in [0.15, 0.2) is 0 Å². The lowest BCUT2D eigenvalue weighted by Crippen LogP contribution is -2.57. The third-order valence-electron chi connectivity index (χ3n) is 5.35. The topological polar surface area (TPSA) is 179 Å². The van der Waals surface area contributed by atoms with Gasteiger partial charge in [0.05, 0.1) is 6.04 Å². The van der Waals surface area contributed by atoms with E-state index in [4.69, 9.17) is 10.8 Å². The van der Waals surface area contributed by atoms with Gasteiger partial charge in [0.25, 0.3) is 0 Å². The van der Waals surface area contributed by atoms with Crippen molar-refractivity contribution in [3.8, 4) is 0 Å². The lowest BCUT2D eigenvalue weighted by Gasteiger charge is -2.30. The monoisotopic (exact) mass is 474 g/mol. The molecule has 182 valence electrons. The smallest absolute Gasteiger partial charge is 0.326 e. The summed E-state index contributed by atoms with van der Waals surface area (Å²) in [4.78, 5) is 61.9. The van der Waals surface area contributed by atoms with Gasteiger partial charge in [0.2, 0.25) is 17.7 Å². The molecule has 4 unspecified atom stereocenters. The van der Waals surface area contributed by atoms with E-state index in [-0.39, 0.29) is 12.3 Å². The number of nitrogens with two attached hydrogens (primary N) is 1. The Morgan fingerprint density at radius 1 is 1.09 bits per heavy atom. The van der Waals surface area contributed by atoms with Gasteiger partial charge in [-0.05, 0) is 43.6 Å². The van der Waals surface area contributed by atoms with Crippen LogP contribution in [-0.4, -0.2) is 87.5 Å². The van der Waals surface area contributed by atoms with Crippen LogP contribution in [0.5, 0.6) is 0 Å². The van der Waals surface area contributed by atoms with Gasteiger partial charge in [-0.15, -0.1) is 0 Å². The molecule has 3 amide bonds. The molecule has 0 saturated carbocycles. The van der Waals surface area contributed by atoms with Crippen LogP contribution in [0.4, 0.5) is 0 Å². The van der Waals surface area contributed by atoms with Crippen molar-refractivity contribution in [3.05, 3.63) is 0 Å². The van der Waals surface area contributed by atoms with Crippen LogP contribution in [0.25, 0.3) is 0 Å². The largest absolute Gasteiger partial charge is 0.481 e. The Balaban J connectivity index is 2.92. The number of rotatable bonds is 13. The highest BCUT2D eigenvalue weighted by atomic mass is 32.2. The summed E-state index contributed by atoms with van der Waals surface area (Å²) in [5, 5.41) is 23.1. The highest BCUT2D eigenvalue weighted by Gasteiger charge is 2.39. The van der Waals surface area contributed by atoms with E-state index >= 15 is 0 Å². The van der Waals surface area contributed by atoms with Gasteiger partial charge >= 0.3 is 11.9 Å². The maximum Gasteiger partial charge on any atom is 0.326 e. The third-order valence-corrected chi connectivity index (χ3v) is 5.99. The molecule has 12 heteroatoms. The van der Waals surface area contributed by atoms with E-state index in [1.165, 1.54) is 16.7 Å². The Morgan fingerprint density at radius 2 is 1.75 bits per heavy atom. The van der Waals surface area contributed by atoms with E-state index in [9.17, 15) is 29.1 Å². The van der Waals surface area contributed by atoms with Crippen molar-refractivity contribution in [2.75, 3.05) is 18.6 Å². The van der Waals surface area contributed by atoms with Gasteiger partial charge in [-0.1, -0.05) is 13.8 Å². The predicted octanol–water partition coefficient (Wildman–Crippen LogP) is -0.367. The zero-order chi connectivity index (χ0) is 24.4. The lowest BCUT2D eigenvalue weighted by molar-refractivity contribution is -0.145. The number of likely N-dealkylation sites (tertiary alicyclic amines) is 1. The molecule has 4 atom stereocenters. The summed E-state index contributed by atoms with van der Waals surface area (Å²) in [5.74, 6) is -3.54. The summed E-state index contributed by atoms with van der Waals surface area (Å²) in [6.07, 6.45) is 2.44. The van der Waals surface area contributed by atoms with Crippen molar-refractivity contribution in [1.82, 2.24) is 15.5 Å². The minimum absolute atomic E-state index is 0.115. The quantitative estimate of drug-likeness (QED) is 0.238. The predicted molar refractivity (Wildman–Crippen MR) is 119 cm³/mol. The second-order valence-electron chi connectivity index (χ2n) is 8.13. The van der Waals surface area contributed by atoms with Crippen LogP contribution < -0.4 is 16.4 Å². The number of carbonyl (C=O) groups is 5. The molecule has 1 heterocycles. The summed E-state index contributed by atoms with van der Waals surface area (Å²) < 4.78 is 0. The number of amides is 3. The van der Waals surface area contributed by atoms with Crippen LogP contribution in [-0.2, 0) is 24.0 Å². The maximum atomic E-state index is 13.2. The fourth-order valence-corrected chi connectivity index (χ4v) is 3.83. The van der Waals surface area contributed by atoms with E-state index in [1.54, 1.807) is 13.8 Å². The van der Waals surface area contributed by atoms with Gasteiger partial charge in [0, 0.05) is 13.0 Å². The fraction of sp³-hybridized carbons (Fsp3) is 0.750. The van der Waals surface area contributed by atoms with E-state index < -0.39 is 60.2 Å². The maximum absolute atomic E-state index is 13.2. The number of aliphatic carboxylic acids is 2. The molecule has 0 spiro atoms. The average Bonchev–Trinajstić information content (AvgIpc) is 3.22. The third kappa shape index (κ3) is 8.30. The first-order chi connectivity index (χ1) is 15.0. The summed E-state index contributed by atoms with van der Waals surface area (Å²) in [6.45, 7) is 3.89. The van der Waals surface area contributed by atoms with E-state index in [1.807, 2.05) is 6.26 Å². The zero-order valence-corrected chi connectivity index (χ0v) is 19.5. The number of nitrogens with one attached hydrogen (secondary N) is 2. The Kier molecular flexibility index (Phi) is 11.5. The van der Waals surface area contributed by atoms with Crippen molar-refractivity contribution < 1.29 is 34.2 Å². The summed E-state index contributed by atoms with van der Waals surface area (Å²) in [6, 6.07) is -3.88. The molecule has 11 nitrogen and oxygen atoms in total. The number of hydrogen-bond acceptors (Lipinski definition) is 7. The first kappa shape index (κ1) is 27.7. The zero-order valence-electron chi connectivity index (χ0n) is 18.7. The molecule has 0 aromatic rings. The van der Waals surface area contributed by atoms with Gasteiger partial charge in [0.15, 0.2) is 0 Å². The SMILES string of the molecule is CSCCC(NC(=O)C(N)C(C)C)C(=O)N1CCCC1C(=O)NC(CCC(=O)O)C(=O)O. The molecular formula is C20H34N4O7S. The molecule has 0 radical (unpaired) electrons. The summed E-state index contributed by atoms with van der Waals surface area (Å²) in [7, 11) is 0. The first-order valence-corrected chi connectivity index (χ1v) is 12.0. The molecule has 1 rings (SSSR count). The van der Waals surface area contributed by atoms with Crippen LogP contribution in [0.1, 0.15) is 46.0 Å².